The lowest BCUT2D eigenvalue weighted by Gasteiger charge is -2.05. The highest BCUT2D eigenvalue weighted by Crippen LogP contribution is 2.58. The molecule has 2 unspecified atom stereocenters. The van der Waals surface area contributed by atoms with Gasteiger partial charge in [0.2, 0.25) is 0 Å². The molecular formula is C19H18O. The summed E-state index contributed by atoms with van der Waals surface area (Å²) >= 11 is 0. The van der Waals surface area contributed by atoms with Gasteiger partial charge in [-0.3, -0.25) is 4.79 Å². The quantitative estimate of drug-likeness (QED) is 0.740. The van der Waals surface area contributed by atoms with Gasteiger partial charge in [0.05, 0.1) is 0 Å². The maximum Gasteiger partial charge on any atom is 0.166 e. The van der Waals surface area contributed by atoms with E-state index in [2.05, 4.69) is 24.3 Å². The van der Waals surface area contributed by atoms with Crippen molar-refractivity contribution in [1.29, 1.82) is 0 Å². The predicted molar refractivity (Wildman–Crippen MR) is 80.5 cm³/mol. The second kappa shape index (κ2) is 4.59. The van der Waals surface area contributed by atoms with E-state index >= 15 is 0 Å². The number of Topliss-reactive ketones (excluding diaryl/α,β-unsaturated/α-hetero) is 1. The highest BCUT2D eigenvalue weighted by molar-refractivity contribution is 6.00. The van der Waals surface area contributed by atoms with Crippen LogP contribution in [-0.4, -0.2) is 5.78 Å². The first-order valence-corrected chi connectivity index (χ1v) is 7.54. The first-order chi connectivity index (χ1) is 9.84. The normalized spacial score (nSPS) is 27.1. The van der Waals surface area contributed by atoms with Crippen LogP contribution in [0.4, 0.5) is 0 Å². The second-order valence-corrected chi connectivity index (χ2v) is 6.09. The Labute approximate surface area is 119 Å². The lowest BCUT2D eigenvalue weighted by atomic mass is 9.98. The Kier molecular flexibility index (Phi) is 2.73. The van der Waals surface area contributed by atoms with Gasteiger partial charge in [0, 0.05) is 11.5 Å². The van der Waals surface area contributed by atoms with Gasteiger partial charge in [0.25, 0.3) is 0 Å². The van der Waals surface area contributed by atoms with Crippen molar-refractivity contribution in [3.05, 3.63) is 60.2 Å². The van der Waals surface area contributed by atoms with Gasteiger partial charge in [-0.25, -0.2) is 0 Å². The Balaban J connectivity index is 1.55. The summed E-state index contributed by atoms with van der Waals surface area (Å²) in [7, 11) is 0. The van der Waals surface area contributed by atoms with Crippen LogP contribution < -0.4 is 0 Å². The highest BCUT2D eigenvalue weighted by atomic mass is 16.1. The summed E-state index contributed by atoms with van der Waals surface area (Å²) in [5.41, 5.74) is 3.28. The summed E-state index contributed by atoms with van der Waals surface area (Å²) < 4.78 is 0. The van der Waals surface area contributed by atoms with E-state index in [-0.39, 0.29) is 0 Å². The third-order valence-corrected chi connectivity index (χ3v) is 4.99. The minimum Gasteiger partial charge on any atom is -0.294 e. The third kappa shape index (κ3) is 1.89. The van der Waals surface area contributed by atoms with Crippen LogP contribution in [0.1, 0.15) is 29.6 Å². The molecule has 2 fully saturated rings. The Morgan fingerprint density at radius 2 is 1.40 bits per heavy atom. The van der Waals surface area contributed by atoms with E-state index in [1.54, 1.807) is 0 Å². The molecule has 20 heavy (non-hydrogen) atoms. The molecule has 2 aliphatic carbocycles. The van der Waals surface area contributed by atoms with Crippen molar-refractivity contribution in [3.8, 4) is 11.1 Å². The summed E-state index contributed by atoms with van der Waals surface area (Å²) in [6.07, 6.45) is 3.86. The number of benzene rings is 2. The Morgan fingerprint density at radius 1 is 0.800 bits per heavy atom. The molecule has 0 spiro atoms. The topological polar surface area (TPSA) is 17.1 Å². The van der Waals surface area contributed by atoms with Gasteiger partial charge < -0.3 is 0 Å². The molecular weight excluding hydrogens is 244 g/mol. The van der Waals surface area contributed by atoms with E-state index < -0.39 is 0 Å². The molecule has 0 radical (unpaired) electrons. The van der Waals surface area contributed by atoms with Crippen molar-refractivity contribution in [1.82, 2.24) is 0 Å². The first-order valence-electron chi connectivity index (χ1n) is 7.54. The van der Waals surface area contributed by atoms with Gasteiger partial charge in [0.1, 0.15) is 0 Å². The van der Waals surface area contributed by atoms with Gasteiger partial charge in [-0.05, 0) is 35.8 Å². The van der Waals surface area contributed by atoms with Crippen LogP contribution in [0, 0.1) is 17.8 Å². The van der Waals surface area contributed by atoms with Crippen LogP contribution in [0.5, 0.6) is 0 Å². The average Bonchev–Trinajstić information content (AvgIpc) is 2.99. The van der Waals surface area contributed by atoms with E-state index in [1.807, 2.05) is 30.3 Å². The van der Waals surface area contributed by atoms with Crippen molar-refractivity contribution in [2.24, 2.45) is 17.8 Å². The molecule has 1 nitrogen and oxygen atoms in total. The summed E-state index contributed by atoms with van der Waals surface area (Å²) in [5.74, 6) is 2.12. The average molecular weight is 262 g/mol. The largest absolute Gasteiger partial charge is 0.294 e. The minimum atomic E-state index is 0.339. The molecule has 2 atom stereocenters. The lowest BCUT2D eigenvalue weighted by Crippen LogP contribution is -2.06. The highest BCUT2D eigenvalue weighted by Gasteiger charge is 2.56. The zero-order chi connectivity index (χ0) is 13.5. The smallest absolute Gasteiger partial charge is 0.166 e. The number of hydrogen-bond donors (Lipinski definition) is 0. The number of hydrogen-bond acceptors (Lipinski definition) is 1. The van der Waals surface area contributed by atoms with Gasteiger partial charge >= 0.3 is 0 Å². The summed E-state index contributed by atoms with van der Waals surface area (Å²) in [5, 5.41) is 0. The zero-order valence-corrected chi connectivity index (χ0v) is 11.5. The molecule has 4 rings (SSSR count). The fourth-order valence-electron chi connectivity index (χ4n) is 3.86. The minimum absolute atomic E-state index is 0.339. The molecule has 1 heteroatoms. The van der Waals surface area contributed by atoms with E-state index in [9.17, 15) is 4.79 Å². The molecule has 0 N–H and O–H groups in total. The van der Waals surface area contributed by atoms with Gasteiger partial charge in [0.15, 0.2) is 5.78 Å². The lowest BCUT2D eigenvalue weighted by molar-refractivity contribution is 0.0951. The van der Waals surface area contributed by atoms with Crippen molar-refractivity contribution in [3.63, 3.8) is 0 Å². The molecule has 2 aromatic carbocycles. The number of rotatable bonds is 3. The van der Waals surface area contributed by atoms with Gasteiger partial charge in [-0.1, -0.05) is 61.0 Å². The maximum absolute atomic E-state index is 12.5. The number of carbonyl (C=O) groups is 1. The van der Waals surface area contributed by atoms with Crippen molar-refractivity contribution >= 4 is 5.78 Å². The summed E-state index contributed by atoms with van der Waals surface area (Å²) in [6, 6.07) is 18.4. The SMILES string of the molecule is O=C(c1ccc(-c2ccccc2)cc1)C1C2CCCC21. The fourth-order valence-corrected chi connectivity index (χ4v) is 3.86. The molecule has 0 heterocycles. The van der Waals surface area contributed by atoms with Gasteiger partial charge in [-0.2, -0.15) is 0 Å². The standard InChI is InChI=1S/C19H18O/c20-19(18-16-7-4-8-17(16)18)15-11-9-14(10-12-15)13-5-2-1-3-6-13/h1-3,5-6,9-12,16-18H,4,7-8H2. The van der Waals surface area contributed by atoms with E-state index in [4.69, 9.17) is 0 Å². The van der Waals surface area contributed by atoms with Crippen molar-refractivity contribution in [2.75, 3.05) is 0 Å². The Bertz CT molecular complexity index is 617. The van der Waals surface area contributed by atoms with E-state index in [0.29, 0.717) is 23.5 Å². The van der Waals surface area contributed by atoms with Crippen LogP contribution in [0.25, 0.3) is 11.1 Å². The van der Waals surface area contributed by atoms with Crippen molar-refractivity contribution < 1.29 is 4.79 Å². The van der Waals surface area contributed by atoms with Crippen LogP contribution >= 0.6 is 0 Å². The molecule has 100 valence electrons. The number of ketones is 1. The molecule has 0 aliphatic heterocycles. The van der Waals surface area contributed by atoms with E-state index in [0.717, 1.165) is 5.56 Å². The van der Waals surface area contributed by atoms with Crippen LogP contribution in [-0.2, 0) is 0 Å². The number of carbonyl (C=O) groups excluding carboxylic acids is 1. The van der Waals surface area contributed by atoms with Gasteiger partial charge in [-0.15, -0.1) is 0 Å². The monoisotopic (exact) mass is 262 g/mol. The van der Waals surface area contributed by atoms with Crippen LogP contribution in [0.2, 0.25) is 0 Å². The third-order valence-electron chi connectivity index (χ3n) is 4.99. The molecule has 0 bridgehead atoms. The number of fused-ring (bicyclic) bond motifs is 1. The fraction of sp³-hybridized carbons (Fsp3) is 0.316. The molecule has 0 aromatic heterocycles. The van der Waals surface area contributed by atoms with Crippen LogP contribution in [0.3, 0.4) is 0 Å². The second-order valence-electron chi connectivity index (χ2n) is 6.09. The van der Waals surface area contributed by atoms with E-state index in [1.165, 1.54) is 30.4 Å². The molecule has 2 saturated carbocycles. The molecule has 2 aliphatic rings. The first kappa shape index (κ1) is 11.9. The Morgan fingerprint density at radius 3 is 2.05 bits per heavy atom. The maximum atomic E-state index is 12.5. The summed E-state index contributed by atoms with van der Waals surface area (Å²) in [6.45, 7) is 0. The molecule has 0 saturated heterocycles. The predicted octanol–water partition coefficient (Wildman–Crippen LogP) is 4.58. The summed E-state index contributed by atoms with van der Waals surface area (Å²) in [4.78, 5) is 12.5. The Hall–Kier alpha value is -1.89. The zero-order valence-electron chi connectivity index (χ0n) is 11.5. The molecule has 0 amide bonds. The van der Waals surface area contributed by atoms with Crippen molar-refractivity contribution in [2.45, 2.75) is 19.3 Å². The van der Waals surface area contributed by atoms with Crippen LogP contribution in [0.15, 0.2) is 54.6 Å². The molecule has 2 aromatic rings.